The van der Waals surface area contributed by atoms with Gasteiger partial charge in [-0.25, -0.2) is 4.98 Å². The number of hydrogen-bond donors (Lipinski definition) is 1. The maximum absolute atomic E-state index is 10.9. The third kappa shape index (κ3) is 6.34. The van der Waals surface area contributed by atoms with Crippen LogP contribution in [0.2, 0.25) is 0 Å². The predicted octanol–water partition coefficient (Wildman–Crippen LogP) is -0.869. The Morgan fingerprint density at radius 1 is 1.37 bits per heavy atom. The third-order valence-corrected chi connectivity index (χ3v) is 4.69. The summed E-state index contributed by atoms with van der Waals surface area (Å²) in [5, 5.41) is 30.0. The number of fused-ring (bicyclic) bond motifs is 1. The van der Waals surface area contributed by atoms with Crippen molar-refractivity contribution in [3.8, 4) is 6.07 Å². The van der Waals surface area contributed by atoms with Crippen LogP contribution in [0.1, 0.15) is 52.0 Å². The van der Waals surface area contributed by atoms with E-state index in [0.29, 0.717) is 18.5 Å². The quantitative estimate of drug-likeness (QED) is 0.527. The van der Waals surface area contributed by atoms with Crippen LogP contribution in [0.4, 0.5) is 0 Å². The second kappa shape index (κ2) is 8.60. The summed E-state index contributed by atoms with van der Waals surface area (Å²) in [6.07, 6.45) is 5.28. The number of aliphatic hydroxyl groups is 1. The predicted molar refractivity (Wildman–Crippen MR) is 96.3 cm³/mol. The topological polar surface area (TPSA) is 97.4 Å². The van der Waals surface area contributed by atoms with Gasteiger partial charge in [-0.2, -0.15) is 5.26 Å². The maximum Gasteiger partial charge on any atom is 1.00 e. The molecule has 1 N–H and O–H groups in total. The summed E-state index contributed by atoms with van der Waals surface area (Å²) >= 11 is 0. The average molecular weight is 396 g/mol. The van der Waals surface area contributed by atoms with E-state index < -0.39 is 11.2 Å². The van der Waals surface area contributed by atoms with Gasteiger partial charge in [0.2, 0.25) is 0 Å². The van der Waals surface area contributed by atoms with E-state index in [1.807, 2.05) is 16.7 Å². The van der Waals surface area contributed by atoms with Gasteiger partial charge in [0.15, 0.2) is 0 Å². The number of rotatable bonds is 2. The molecule has 4 rings (SSSR count). The molecule has 2 atom stereocenters. The Morgan fingerprint density at radius 2 is 2.04 bits per heavy atom. The monoisotopic (exact) mass is 395 g/mol. The molecule has 1 aromatic heterocycles. The zero-order valence-electron chi connectivity index (χ0n) is 16.7. The van der Waals surface area contributed by atoms with Crippen molar-refractivity contribution in [3.05, 3.63) is 30.1 Å². The maximum atomic E-state index is 10.9. The second-order valence-electron chi connectivity index (χ2n) is 8.53. The fourth-order valence-electron chi connectivity index (χ4n) is 3.57. The van der Waals surface area contributed by atoms with Crippen molar-refractivity contribution in [1.82, 2.24) is 9.55 Å². The van der Waals surface area contributed by atoms with Crippen molar-refractivity contribution in [2.24, 2.45) is 0 Å². The minimum Gasteiger partial charge on any atom is -0.850 e. The molecule has 1 aliphatic heterocycles. The van der Waals surface area contributed by atoms with E-state index in [0.717, 1.165) is 36.9 Å². The molecule has 2 aromatic rings. The molecule has 2 fully saturated rings. The molecule has 0 amide bonds. The van der Waals surface area contributed by atoms with Crippen molar-refractivity contribution in [2.45, 2.75) is 69.8 Å². The van der Waals surface area contributed by atoms with E-state index >= 15 is 0 Å². The Kier molecular flexibility index (Phi) is 7.32. The first kappa shape index (κ1) is 23.0. The summed E-state index contributed by atoms with van der Waals surface area (Å²) < 4.78 is 7.50. The van der Waals surface area contributed by atoms with Gasteiger partial charge in [0.05, 0.1) is 53.3 Å². The zero-order chi connectivity index (χ0) is 19.0. The summed E-state index contributed by atoms with van der Waals surface area (Å²) in [4.78, 5) is 4.35. The van der Waals surface area contributed by atoms with Crippen LogP contribution in [0.5, 0.6) is 0 Å². The van der Waals surface area contributed by atoms with Crippen molar-refractivity contribution in [2.75, 3.05) is 6.61 Å². The summed E-state index contributed by atoms with van der Waals surface area (Å²) in [7, 11) is 0. The molecule has 0 unspecified atom stereocenters. The van der Waals surface area contributed by atoms with Crippen LogP contribution in [-0.2, 0) is 11.3 Å². The first-order valence-electron chi connectivity index (χ1n) is 9.03. The summed E-state index contributed by atoms with van der Waals surface area (Å²) in [6.45, 7) is 6.18. The minimum atomic E-state index is -0.750. The molecular weight excluding hydrogens is 369 g/mol. The first-order chi connectivity index (χ1) is 12.1. The van der Waals surface area contributed by atoms with Crippen molar-refractivity contribution in [3.63, 3.8) is 0 Å². The molecule has 2 heterocycles. The van der Waals surface area contributed by atoms with Gasteiger partial charge in [0, 0.05) is 6.42 Å². The normalized spacial score (nSPS) is 26.7. The molecule has 27 heavy (non-hydrogen) atoms. The molecule has 0 bridgehead atoms. The number of ether oxygens (including phenoxy) is 1. The molecule has 0 radical (unpaired) electrons. The summed E-state index contributed by atoms with van der Waals surface area (Å²) in [6, 6.07) is 7.59. The van der Waals surface area contributed by atoms with E-state index in [2.05, 4.69) is 11.1 Å². The smallest absolute Gasteiger partial charge is 0.850 e. The van der Waals surface area contributed by atoms with Gasteiger partial charge < -0.3 is 19.5 Å². The Hall–Kier alpha value is -0.304. The molecule has 7 heteroatoms. The van der Waals surface area contributed by atoms with Crippen LogP contribution < -0.4 is 56.5 Å². The first-order valence-corrected chi connectivity index (χ1v) is 9.03. The van der Waals surface area contributed by atoms with Gasteiger partial charge in [0.1, 0.15) is 0 Å². The molecule has 1 spiro atoms. The summed E-state index contributed by atoms with van der Waals surface area (Å²) in [5.41, 5.74) is 0.804. The van der Waals surface area contributed by atoms with Crippen LogP contribution in [0.3, 0.4) is 0 Å². The van der Waals surface area contributed by atoms with E-state index in [1.165, 1.54) is 0 Å². The molecule has 6 nitrogen and oxygen atoms in total. The largest absolute Gasteiger partial charge is 1.00 e. The Bertz CT molecular complexity index is 827. The van der Waals surface area contributed by atoms with Gasteiger partial charge in [-0.1, -0.05) is 20.8 Å². The molecule has 1 aromatic carbocycles. The number of benzene rings is 1. The molecular formula is C20H26KN3O3. The minimum absolute atomic E-state index is 0. The Balaban J connectivity index is 0.000000390. The van der Waals surface area contributed by atoms with Crippen LogP contribution in [-0.4, -0.2) is 38.1 Å². The van der Waals surface area contributed by atoms with Gasteiger partial charge in [0.25, 0.3) is 0 Å². The van der Waals surface area contributed by atoms with Crippen molar-refractivity contribution >= 4 is 11.0 Å². The number of nitrogens with zero attached hydrogens (tertiary/aromatic N) is 3. The second-order valence-corrected chi connectivity index (χ2v) is 8.53. The number of imidazole rings is 1. The fraction of sp³-hybridized carbons (Fsp3) is 0.600. The summed E-state index contributed by atoms with van der Waals surface area (Å²) in [5.74, 6) is 0. The standard InChI is InChI=1S/C16H17N3O2.C4H9O.K/c17-7-12-2-3-13-14(6-12)19(11-18-13)9-15(20)4-1-5-16(8-15)10-21-16;1-4(2,3)5;/h2-3,6,11,20H,1,4-5,8-10H2;1-3H3;/q;-1;+1/t15-,16+;;/m1../s1. The van der Waals surface area contributed by atoms with E-state index in [9.17, 15) is 10.2 Å². The number of hydrogen-bond acceptors (Lipinski definition) is 5. The molecule has 1 saturated carbocycles. The van der Waals surface area contributed by atoms with Gasteiger partial charge in [-0.15, -0.1) is 5.60 Å². The zero-order valence-corrected chi connectivity index (χ0v) is 19.8. The van der Waals surface area contributed by atoms with Crippen LogP contribution in [0.25, 0.3) is 11.0 Å². The van der Waals surface area contributed by atoms with Gasteiger partial charge >= 0.3 is 51.4 Å². The fourth-order valence-corrected chi connectivity index (χ4v) is 3.57. The van der Waals surface area contributed by atoms with Crippen molar-refractivity contribution in [1.29, 1.82) is 5.26 Å². The van der Waals surface area contributed by atoms with Crippen LogP contribution in [0, 0.1) is 11.3 Å². The van der Waals surface area contributed by atoms with E-state index in [1.54, 1.807) is 33.2 Å². The SMILES string of the molecule is CC(C)(C)[O-].N#Cc1ccc2ncn(C[C@@]3(O)CCC[C@@]4(CO4)C3)c2c1.[K+]. The average Bonchev–Trinajstić information content (AvgIpc) is 3.15. The van der Waals surface area contributed by atoms with Crippen LogP contribution >= 0.6 is 0 Å². The van der Waals surface area contributed by atoms with Gasteiger partial charge in [-0.3, -0.25) is 0 Å². The Morgan fingerprint density at radius 3 is 2.63 bits per heavy atom. The van der Waals surface area contributed by atoms with Crippen molar-refractivity contribution < 1.29 is 66.3 Å². The van der Waals surface area contributed by atoms with E-state index in [-0.39, 0.29) is 57.0 Å². The molecule has 1 saturated heterocycles. The molecule has 1 aliphatic carbocycles. The van der Waals surface area contributed by atoms with Gasteiger partial charge in [-0.05, 0) is 37.5 Å². The number of aromatic nitrogens is 2. The number of nitriles is 1. The third-order valence-electron chi connectivity index (χ3n) is 4.69. The molecule has 140 valence electrons. The Labute approximate surface area is 203 Å². The molecule has 2 aliphatic rings. The number of epoxide rings is 1. The van der Waals surface area contributed by atoms with Crippen LogP contribution in [0.15, 0.2) is 24.5 Å². The van der Waals surface area contributed by atoms with E-state index in [4.69, 9.17) is 10.00 Å².